The van der Waals surface area contributed by atoms with Crippen molar-refractivity contribution in [2.45, 2.75) is 26.8 Å². The molecule has 0 saturated carbocycles. The maximum Gasteiger partial charge on any atom is 0.126 e. The summed E-state index contributed by atoms with van der Waals surface area (Å²) in [6.07, 6.45) is 0. The van der Waals surface area contributed by atoms with Gasteiger partial charge in [0.1, 0.15) is 5.82 Å². The molecule has 0 radical (unpaired) electrons. The van der Waals surface area contributed by atoms with Crippen LogP contribution in [0.4, 0.5) is 4.39 Å². The van der Waals surface area contributed by atoms with E-state index in [0.29, 0.717) is 5.56 Å². The normalized spacial score (nSPS) is 12.5. The lowest BCUT2D eigenvalue weighted by Gasteiger charge is -2.20. The Morgan fingerprint density at radius 2 is 1.79 bits per heavy atom. The van der Waals surface area contributed by atoms with E-state index in [1.807, 2.05) is 18.2 Å². The molecule has 2 rings (SSSR count). The second-order valence-corrected chi connectivity index (χ2v) is 4.90. The van der Waals surface area contributed by atoms with Crippen LogP contribution in [-0.2, 0) is 0 Å². The van der Waals surface area contributed by atoms with Gasteiger partial charge in [-0.3, -0.25) is 5.84 Å². The van der Waals surface area contributed by atoms with Crippen molar-refractivity contribution < 1.29 is 4.39 Å². The van der Waals surface area contributed by atoms with Crippen molar-refractivity contribution in [2.24, 2.45) is 5.84 Å². The van der Waals surface area contributed by atoms with Crippen molar-refractivity contribution in [2.75, 3.05) is 0 Å². The second-order valence-electron chi connectivity index (χ2n) is 4.90. The lowest BCUT2D eigenvalue weighted by atomic mass is 9.92. The van der Waals surface area contributed by atoms with E-state index in [1.54, 1.807) is 19.1 Å². The molecule has 0 aliphatic heterocycles. The van der Waals surface area contributed by atoms with E-state index >= 15 is 0 Å². The third-order valence-corrected chi connectivity index (χ3v) is 3.65. The van der Waals surface area contributed by atoms with Crippen molar-refractivity contribution in [1.29, 1.82) is 0 Å². The van der Waals surface area contributed by atoms with Crippen LogP contribution in [0.3, 0.4) is 0 Å². The molecule has 1 atom stereocenters. The molecule has 100 valence electrons. The van der Waals surface area contributed by atoms with Crippen molar-refractivity contribution in [3.63, 3.8) is 0 Å². The summed E-state index contributed by atoms with van der Waals surface area (Å²) in [6, 6.07) is 11.1. The predicted octanol–water partition coefficient (Wildman–Crippen LogP) is 3.30. The Labute approximate surface area is 113 Å². The van der Waals surface area contributed by atoms with Gasteiger partial charge in [-0.15, -0.1) is 0 Å². The number of nitrogens with two attached hydrogens (primary N) is 1. The van der Waals surface area contributed by atoms with Gasteiger partial charge in [-0.25, -0.2) is 9.82 Å². The monoisotopic (exact) mass is 258 g/mol. The van der Waals surface area contributed by atoms with Gasteiger partial charge in [0.2, 0.25) is 0 Å². The molecule has 19 heavy (non-hydrogen) atoms. The summed E-state index contributed by atoms with van der Waals surface area (Å²) in [5, 5.41) is 0. The highest BCUT2D eigenvalue weighted by Gasteiger charge is 2.16. The molecule has 0 aromatic heterocycles. The van der Waals surface area contributed by atoms with E-state index < -0.39 is 0 Å². The van der Waals surface area contributed by atoms with Crippen molar-refractivity contribution in [1.82, 2.24) is 5.43 Å². The van der Waals surface area contributed by atoms with Crippen molar-refractivity contribution in [3.8, 4) is 0 Å². The molecule has 3 heteroatoms. The summed E-state index contributed by atoms with van der Waals surface area (Å²) >= 11 is 0. The number of hydrogen-bond donors (Lipinski definition) is 2. The zero-order valence-corrected chi connectivity index (χ0v) is 11.5. The number of halogens is 1. The standard InChI is InChI=1S/C16H19FN2/c1-10-5-4-6-14(12(10)3)16(19-18)13-8-7-11(2)15(17)9-13/h4-9,16,19H,18H2,1-3H3. The Morgan fingerprint density at radius 1 is 1.05 bits per heavy atom. The molecule has 1 unspecified atom stereocenters. The van der Waals surface area contributed by atoms with Crippen molar-refractivity contribution >= 4 is 0 Å². The fourth-order valence-electron chi connectivity index (χ4n) is 2.24. The highest BCUT2D eigenvalue weighted by atomic mass is 19.1. The van der Waals surface area contributed by atoms with Crippen LogP contribution < -0.4 is 11.3 Å². The van der Waals surface area contributed by atoms with Crippen LogP contribution in [-0.4, -0.2) is 0 Å². The summed E-state index contributed by atoms with van der Waals surface area (Å²) < 4.78 is 13.7. The first-order valence-corrected chi connectivity index (χ1v) is 6.33. The average Bonchev–Trinajstić information content (AvgIpc) is 2.39. The predicted molar refractivity (Wildman–Crippen MR) is 76.2 cm³/mol. The fourth-order valence-corrected chi connectivity index (χ4v) is 2.24. The first-order chi connectivity index (χ1) is 9.04. The SMILES string of the molecule is Cc1ccc(C(NN)c2cccc(C)c2C)cc1F. The second kappa shape index (κ2) is 5.51. The van der Waals surface area contributed by atoms with E-state index in [4.69, 9.17) is 5.84 Å². The number of rotatable bonds is 3. The molecule has 0 saturated heterocycles. The van der Waals surface area contributed by atoms with Gasteiger partial charge in [0.15, 0.2) is 0 Å². The van der Waals surface area contributed by atoms with E-state index in [-0.39, 0.29) is 11.9 Å². The smallest absolute Gasteiger partial charge is 0.126 e. The Kier molecular flexibility index (Phi) is 3.98. The molecule has 2 aromatic rings. The van der Waals surface area contributed by atoms with E-state index in [9.17, 15) is 4.39 Å². The summed E-state index contributed by atoms with van der Waals surface area (Å²) in [5.41, 5.74) is 7.70. The zero-order chi connectivity index (χ0) is 14.0. The highest BCUT2D eigenvalue weighted by molar-refractivity contribution is 5.41. The van der Waals surface area contributed by atoms with Crippen LogP contribution in [0.2, 0.25) is 0 Å². The van der Waals surface area contributed by atoms with Crippen molar-refractivity contribution in [3.05, 3.63) is 70.0 Å². The molecule has 0 amide bonds. The molecule has 0 spiro atoms. The minimum atomic E-state index is -0.206. The average molecular weight is 258 g/mol. The summed E-state index contributed by atoms with van der Waals surface area (Å²) in [5.74, 6) is 5.47. The molecular weight excluding hydrogens is 239 g/mol. The fraction of sp³-hybridized carbons (Fsp3) is 0.250. The van der Waals surface area contributed by atoms with Crippen LogP contribution >= 0.6 is 0 Å². The number of nitrogens with one attached hydrogen (secondary N) is 1. The lowest BCUT2D eigenvalue weighted by Crippen LogP contribution is -2.29. The van der Waals surface area contributed by atoms with Crippen LogP contribution in [0.15, 0.2) is 36.4 Å². The molecule has 2 nitrogen and oxygen atoms in total. The largest absolute Gasteiger partial charge is 0.271 e. The Balaban J connectivity index is 2.50. The molecule has 0 fully saturated rings. The summed E-state index contributed by atoms with van der Waals surface area (Å²) in [4.78, 5) is 0. The van der Waals surface area contributed by atoms with Crippen LogP contribution in [0.25, 0.3) is 0 Å². The molecule has 2 aromatic carbocycles. The third-order valence-electron chi connectivity index (χ3n) is 3.65. The third kappa shape index (κ3) is 2.67. The summed E-state index contributed by atoms with van der Waals surface area (Å²) in [6.45, 7) is 5.86. The number of hydrogen-bond acceptors (Lipinski definition) is 2. The van der Waals surface area contributed by atoms with Crippen LogP contribution in [0.5, 0.6) is 0 Å². The molecule has 0 aliphatic rings. The molecule has 0 heterocycles. The molecule has 0 aliphatic carbocycles. The van der Waals surface area contributed by atoms with E-state index in [2.05, 4.69) is 25.3 Å². The van der Waals surface area contributed by atoms with E-state index in [1.165, 1.54) is 11.1 Å². The van der Waals surface area contributed by atoms with Crippen LogP contribution in [0, 0.1) is 26.6 Å². The summed E-state index contributed by atoms with van der Waals surface area (Å²) in [7, 11) is 0. The Morgan fingerprint density at radius 3 is 2.42 bits per heavy atom. The maximum absolute atomic E-state index is 13.7. The van der Waals surface area contributed by atoms with Gasteiger partial charge < -0.3 is 0 Å². The van der Waals surface area contributed by atoms with Gasteiger partial charge in [0.25, 0.3) is 0 Å². The number of benzene rings is 2. The first-order valence-electron chi connectivity index (χ1n) is 6.33. The van der Waals surface area contributed by atoms with Gasteiger partial charge in [-0.2, -0.15) is 0 Å². The number of hydrazine groups is 1. The highest BCUT2D eigenvalue weighted by Crippen LogP contribution is 2.26. The Hall–Kier alpha value is -1.71. The van der Waals surface area contributed by atoms with Gasteiger partial charge >= 0.3 is 0 Å². The molecule has 0 bridgehead atoms. The molecular formula is C16H19FN2. The van der Waals surface area contributed by atoms with Crippen LogP contribution in [0.1, 0.15) is 33.9 Å². The topological polar surface area (TPSA) is 38.0 Å². The number of aryl methyl sites for hydroxylation is 2. The van der Waals surface area contributed by atoms with Gasteiger partial charge in [-0.1, -0.05) is 30.3 Å². The minimum absolute atomic E-state index is 0.199. The van der Waals surface area contributed by atoms with Gasteiger partial charge in [-0.05, 0) is 54.7 Å². The molecule has 3 N–H and O–H groups in total. The minimum Gasteiger partial charge on any atom is -0.271 e. The maximum atomic E-state index is 13.7. The van der Waals surface area contributed by atoms with Gasteiger partial charge in [0.05, 0.1) is 6.04 Å². The zero-order valence-electron chi connectivity index (χ0n) is 11.5. The first kappa shape index (κ1) is 13.7. The quantitative estimate of drug-likeness (QED) is 0.655. The van der Waals surface area contributed by atoms with Gasteiger partial charge in [0, 0.05) is 0 Å². The van der Waals surface area contributed by atoms with E-state index in [0.717, 1.165) is 11.1 Å². The lowest BCUT2D eigenvalue weighted by molar-refractivity contribution is 0.597. The Bertz CT molecular complexity index is 593.